The minimum absolute atomic E-state index is 0.368. The van der Waals surface area contributed by atoms with Gasteiger partial charge in [-0.3, -0.25) is 4.99 Å². The Morgan fingerprint density at radius 1 is 1.28 bits per heavy atom. The summed E-state index contributed by atoms with van der Waals surface area (Å²) in [4.78, 5) is 12.4. The van der Waals surface area contributed by atoms with Crippen molar-refractivity contribution < 1.29 is 0 Å². The summed E-state index contributed by atoms with van der Waals surface area (Å²) in [5.74, 6) is 1.30. The fraction of sp³-hybridized carbons (Fsp3) is 0.400. The number of fused-ring (bicyclic) bond motifs is 1. The lowest BCUT2D eigenvalue weighted by atomic mass is 9.86. The van der Waals surface area contributed by atoms with Gasteiger partial charge in [-0.1, -0.05) is 18.6 Å². The monoisotopic (exact) mass is 240 g/mol. The highest BCUT2D eigenvalue weighted by atomic mass is 14.9. The smallest absolute Gasteiger partial charge is 0.149 e. The van der Waals surface area contributed by atoms with Crippen LogP contribution in [0.2, 0.25) is 0 Å². The van der Waals surface area contributed by atoms with Gasteiger partial charge >= 0.3 is 0 Å². The third-order valence-corrected chi connectivity index (χ3v) is 3.66. The Morgan fingerprint density at radius 2 is 2.11 bits per heavy atom. The van der Waals surface area contributed by atoms with Gasteiger partial charge in [-0.15, -0.1) is 0 Å². The van der Waals surface area contributed by atoms with Gasteiger partial charge in [0.1, 0.15) is 11.7 Å². The molecule has 0 saturated heterocycles. The molecule has 3 rings (SSSR count). The summed E-state index contributed by atoms with van der Waals surface area (Å²) in [5.41, 5.74) is 2.06. The van der Waals surface area contributed by atoms with Gasteiger partial charge in [0.25, 0.3) is 0 Å². The quantitative estimate of drug-likeness (QED) is 0.634. The molecule has 1 saturated carbocycles. The van der Waals surface area contributed by atoms with Crippen LogP contribution in [0.3, 0.4) is 0 Å². The van der Waals surface area contributed by atoms with E-state index < -0.39 is 0 Å². The summed E-state index contributed by atoms with van der Waals surface area (Å²) in [7, 11) is 0. The number of hydrogen-bond donors (Lipinski definition) is 1. The summed E-state index contributed by atoms with van der Waals surface area (Å²) in [6.07, 6.45) is 6.79. The predicted molar refractivity (Wildman–Crippen MR) is 74.8 cm³/mol. The van der Waals surface area contributed by atoms with E-state index in [1.165, 1.54) is 19.3 Å². The second-order valence-electron chi connectivity index (χ2n) is 5.03. The second-order valence-corrected chi connectivity index (χ2v) is 5.03. The van der Waals surface area contributed by atoms with Crippen molar-refractivity contribution in [3.8, 4) is 0 Å². The van der Waals surface area contributed by atoms with E-state index >= 15 is 0 Å². The first-order valence-electron chi connectivity index (χ1n) is 6.64. The van der Waals surface area contributed by atoms with Gasteiger partial charge in [-0.25, -0.2) is 4.98 Å². The molecule has 0 spiro atoms. The molecule has 0 aliphatic heterocycles. The van der Waals surface area contributed by atoms with Crippen LogP contribution in [0, 0.1) is 12.8 Å². The average molecular weight is 240 g/mol. The maximum Gasteiger partial charge on any atom is 0.149 e. The molecule has 0 radical (unpaired) electrons. The van der Waals surface area contributed by atoms with Crippen LogP contribution in [0.5, 0.6) is 0 Å². The van der Waals surface area contributed by atoms with Crippen LogP contribution in [0.4, 0.5) is 0 Å². The average Bonchev–Trinajstić information content (AvgIpc) is 2.80. The molecule has 1 heterocycles. The first-order valence-corrected chi connectivity index (χ1v) is 6.64. The number of aliphatic imine (C=N–C) groups is 1. The Kier molecular flexibility index (Phi) is 3.05. The molecule has 1 aliphatic carbocycles. The summed E-state index contributed by atoms with van der Waals surface area (Å²) in [6.45, 7) is 4.19. The third kappa shape index (κ3) is 2.26. The molecule has 3 heteroatoms. The lowest BCUT2D eigenvalue weighted by Crippen LogP contribution is -2.20. The number of aromatic nitrogens is 2. The van der Waals surface area contributed by atoms with E-state index in [-0.39, 0.29) is 0 Å². The molecule has 2 aromatic rings. The number of para-hydroxylation sites is 2. The van der Waals surface area contributed by atoms with Crippen molar-refractivity contribution in [2.24, 2.45) is 10.9 Å². The van der Waals surface area contributed by atoms with Gasteiger partial charge in [0.15, 0.2) is 0 Å². The van der Waals surface area contributed by atoms with E-state index in [2.05, 4.69) is 21.9 Å². The molecule has 2 unspecified atom stereocenters. The number of nitrogens with one attached hydrogen (secondary N) is 1. The van der Waals surface area contributed by atoms with Gasteiger partial charge < -0.3 is 4.98 Å². The second kappa shape index (κ2) is 4.84. The summed E-state index contributed by atoms with van der Waals surface area (Å²) in [6, 6.07) is 8.41. The summed E-state index contributed by atoms with van der Waals surface area (Å²) in [5, 5.41) is 0. The first-order chi connectivity index (χ1) is 8.83. The Morgan fingerprint density at radius 3 is 2.94 bits per heavy atom. The predicted octanol–water partition coefficient (Wildman–Crippen LogP) is 3.37. The molecular weight excluding hydrogens is 222 g/mol. The zero-order valence-corrected chi connectivity index (χ0v) is 10.5. The Bertz CT molecular complexity index is 523. The molecule has 1 N–H and O–H groups in total. The lowest BCUT2D eigenvalue weighted by molar-refractivity contribution is 0.362. The van der Waals surface area contributed by atoms with Crippen molar-refractivity contribution in [3.63, 3.8) is 0 Å². The molecule has 1 fully saturated rings. The number of benzene rings is 1. The van der Waals surface area contributed by atoms with Crippen LogP contribution in [-0.4, -0.2) is 22.2 Å². The van der Waals surface area contributed by atoms with E-state index in [1.54, 1.807) is 0 Å². The molecule has 92 valence electrons. The summed E-state index contributed by atoms with van der Waals surface area (Å²) >= 11 is 0. The van der Waals surface area contributed by atoms with Crippen LogP contribution >= 0.6 is 0 Å². The van der Waals surface area contributed by atoms with E-state index in [0.717, 1.165) is 23.3 Å². The fourth-order valence-corrected chi connectivity index (χ4v) is 2.58. The number of rotatable bonds is 2. The largest absolute Gasteiger partial charge is 0.337 e. The SMILES string of the molecule is [CH2+]C1CCCCC1N=Cc1nc2ccccc2[nH]1. The van der Waals surface area contributed by atoms with E-state index in [0.29, 0.717) is 12.0 Å². The zero-order chi connectivity index (χ0) is 12.4. The molecule has 1 aromatic heterocycles. The number of imidazole rings is 1. The highest BCUT2D eigenvalue weighted by Crippen LogP contribution is 2.25. The molecular formula is C15H18N3+. The first kappa shape index (κ1) is 11.3. The fourth-order valence-electron chi connectivity index (χ4n) is 2.58. The number of aromatic amines is 1. The highest BCUT2D eigenvalue weighted by molar-refractivity contribution is 5.83. The van der Waals surface area contributed by atoms with Crippen molar-refractivity contribution in [1.29, 1.82) is 0 Å². The van der Waals surface area contributed by atoms with Crippen molar-refractivity contribution in [2.45, 2.75) is 31.7 Å². The molecule has 1 aromatic carbocycles. The molecule has 3 nitrogen and oxygen atoms in total. The normalized spacial score (nSPS) is 24.9. The molecule has 0 amide bonds. The standard InChI is InChI=1S/C15H18N3/c1-11-6-2-3-7-12(11)16-10-15-17-13-8-4-5-9-14(13)18-15/h4-5,8-12H,1-3,6-7H2,(H,17,18)/q+1. The minimum atomic E-state index is 0.368. The maximum absolute atomic E-state index is 4.65. The van der Waals surface area contributed by atoms with Crippen LogP contribution in [0.1, 0.15) is 31.5 Å². The van der Waals surface area contributed by atoms with Gasteiger partial charge in [0, 0.05) is 0 Å². The Balaban J connectivity index is 1.78. The number of nitrogens with zero attached hydrogens (tertiary/aromatic N) is 2. The third-order valence-electron chi connectivity index (χ3n) is 3.66. The van der Waals surface area contributed by atoms with Gasteiger partial charge in [0.05, 0.1) is 30.2 Å². The van der Waals surface area contributed by atoms with E-state index in [1.807, 2.05) is 30.5 Å². The van der Waals surface area contributed by atoms with E-state index in [4.69, 9.17) is 0 Å². The van der Waals surface area contributed by atoms with Crippen LogP contribution < -0.4 is 0 Å². The molecule has 1 aliphatic rings. The molecule has 2 atom stereocenters. The zero-order valence-electron chi connectivity index (χ0n) is 10.5. The summed E-state index contributed by atoms with van der Waals surface area (Å²) < 4.78 is 0. The molecule has 0 bridgehead atoms. The van der Waals surface area contributed by atoms with E-state index in [9.17, 15) is 0 Å². The lowest BCUT2D eigenvalue weighted by Gasteiger charge is -2.20. The number of H-pyrrole nitrogens is 1. The van der Waals surface area contributed by atoms with Gasteiger partial charge in [-0.05, 0) is 31.4 Å². The molecule has 18 heavy (non-hydrogen) atoms. The van der Waals surface area contributed by atoms with Crippen LogP contribution in [0.25, 0.3) is 11.0 Å². The van der Waals surface area contributed by atoms with Crippen LogP contribution in [0.15, 0.2) is 29.3 Å². The minimum Gasteiger partial charge on any atom is -0.337 e. The van der Waals surface area contributed by atoms with Crippen LogP contribution in [-0.2, 0) is 0 Å². The van der Waals surface area contributed by atoms with Crippen molar-refractivity contribution in [3.05, 3.63) is 37.0 Å². The van der Waals surface area contributed by atoms with Crippen molar-refractivity contribution >= 4 is 17.2 Å². The number of hydrogen-bond acceptors (Lipinski definition) is 2. The van der Waals surface area contributed by atoms with Crippen molar-refractivity contribution in [2.75, 3.05) is 0 Å². The maximum atomic E-state index is 4.65. The van der Waals surface area contributed by atoms with Crippen molar-refractivity contribution in [1.82, 2.24) is 9.97 Å². The Labute approximate surface area is 107 Å². The van der Waals surface area contributed by atoms with Gasteiger partial charge in [0.2, 0.25) is 0 Å². The topological polar surface area (TPSA) is 41.0 Å². The highest BCUT2D eigenvalue weighted by Gasteiger charge is 2.25. The van der Waals surface area contributed by atoms with Gasteiger partial charge in [-0.2, -0.15) is 0 Å². The Hall–Kier alpha value is -1.77.